The molecule has 120 valence electrons. The fourth-order valence-electron chi connectivity index (χ4n) is 1.87. The monoisotopic (exact) mass is 341 g/mol. The molecule has 2 N–H and O–H groups in total. The first-order valence-electron chi connectivity index (χ1n) is 6.84. The fourth-order valence-corrected chi connectivity index (χ4v) is 3.79. The lowest BCUT2D eigenvalue weighted by molar-refractivity contribution is 0.0666. The van der Waals surface area contributed by atoms with Gasteiger partial charge in [-0.2, -0.15) is 0 Å². The molecular weight excluding hydrogens is 322 g/mol. The van der Waals surface area contributed by atoms with Crippen molar-refractivity contribution < 1.29 is 18.3 Å². The van der Waals surface area contributed by atoms with E-state index >= 15 is 0 Å². The molecule has 2 rings (SSSR count). The van der Waals surface area contributed by atoms with Gasteiger partial charge in [0, 0.05) is 11.4 Å². The van der Waals surface area contributed by atoms with Crippen LogP contribution in [0.1, 0.15) is 18.7 Å². The molecule has 0 aliphatic rings. The maximum Gasteiger partial charge on any atom is 0.240 e. The molecule has 0 amide bonds. The number of hydrogen-bond acceptors (Lipinski definition) is 5. The van der Waals surface area contributed by atoms with Gasteiger partial charge in [0.1, 0.15) is 11.4 Å². The number of thiophene rings is 1. The lowest BCUT2D eigenvalue weighted by Crippen LogP contribution is -2.38. The molecule has 22 heavy (non-hydrogen) atoms. The zero-order chi connectivity index (χ0) is 16.2. The molecule has 0 aliphatic carbocycles. The van der Waals surface area contributed by atoms with Crippen molar-refractivity contribution in [1.82, 2.24) is 4.72 Å². The molecule has 1 heterocycles. The Bertz CT molecular complexity index is 692. The van der Waals surface area contributed by atoms with Gasteiger partial charge in [0.2, 0.25) is 10.0 Å². The van der Waals surface area contributed by atoms with Crippen LogP contribution in [0.4, 0.5) is 0 Å². The van der Waals surface area contributed by atoms with E-state index in [9.17, 15) is 13.5 Å². The van der Waals surface area contributed by atoms with Crippen LogP contribution < -0.4 is 9.46 Å². The summed E-state index contributed by atoms with van der Waals surface area (Å²) in [4.78, 5) is 0.847. The van der Waals surface area contributed by atoms with Gasteiger partial charge in [-0.25, -0.2) is 13.1 Å². The minimum Gasteiger partial charge on any atom is -0.494 e. The number of sulfonamides is 1. The van der Waals surface area contributed by atoms with Crippen LogP contribution in [0, 0.1) is 0 Å². The van der Waals surface area contributed by atoms with Crippen molar-refractivity contribution in [2.75, 3.05) is 13.2 Å². The second-order valence-corrected chi connectivity index (χ2v) is 7.69. The zero-order valence-corrected chi connectivity index (χ0v) is 14.1. The van der Waals surface area contributed by atoms with Crippen LogP contribution in [0.25, 0.3) is 0 Å². The highest BCUT2D eigenvalue weighted by Gasteiger charge is 2.27. The molecule has 0 saturated carbocycles. The second-order valence-electron chi connectivity index (χ2n) is 4.98. The van der Waals surface area contributed by atoms with Gasteiger partial charge in [-0.05, 0) is 49.6 Å². The van der Waals surface area contributed by atoms with E-state index in [0.29, 0.717) is 17.2 Å². The van der Waals surface area contributed by atoms with Gasteiger partial charge in [-0.1, -0.05) is 6.07 Å². The average Bonchev–Trinajstić information content (AvgIpc) is 3.02. The average molecular weight is 341 g/mol. The van der Waals surface area contributed by atoms with Crippen molar-refractivity contribution >= 4 is 21.4 Å². The van der Waals surface area contributed by atoms with E-state index in [0.717, 1.165) is 0 Å². The van der Waals surface area contributed by atoms with Crippen LogP contribution in [0.5, 0.6) is 5.75 Å². The first-order valence-corrected chi connectivity index (χ1v) is 9.20. The second kappa shape index (κ2) is 6.78. The Morgan fingerprint density at radius 3 is 2.50 bits per heavy atom. The third-order valence-electron chi connectivity index (χ3n) is 3.10. The lowest BCUT2D eigenvalue weighted by Gasteiger charge is -2.22. The third-order valence-corrected chi connectivity index (χ3v) is 5.64. The Balaban J connectivity index is 2.08. The van der Waals surface area contributed by atoms with Gasteiger partial charge in [-0.15, -0.1) is 11.3 Å². The van der Waals surface area contributed by atoms with E-state index in [-0.39, 0.29) is 11.4 Å². The maximum absolute atomic E-state index is 12.3. The number of hydrogen-bond donors (Lipinski definition) is 2. The molecular formula is C15H19NO4S2. The number of aliphatic hydroxyl groups is 1. The first-order chi connectivity index (χ1) is 10.3. The highest BCUT2D eigenvalue weighted by Crippen LogP contribution is 2.25. The van der Waals surface area contributed by atoms with Crippen molar-refractivity contribution in [3.63, 3.8) is 0 Å². The Hall–Kier alpha value is -1.41. The number of rotatable bonds is 7. The van der Waals surface area contributed by atoms with Crippen LogP contribution in [0.15, 0.2) is 46.7 Å². The van der Waals surface area contributed by atoms with Crippen molar-refractivity contribution in [2.24, 2.45) is 0 Å². The molecule has 0 radical (unpaired) electrons. The fraction of sp³-hybridized carbons (Fsp3) is 0.333. The van der Waals surface area contributed by atoms with Crippen molar-refractivity contribution in [1.29, 1.82) is 0 Å². The van der Waals surface area contributed by atoms with Crippen LogP contribution in [0.3, 0.4) is 0 Å². The topological polar surface area (TPSA) is 75.6 Å². The summed E-state index contributed by atoms with van der Waals surface area (Å²) in [5.41, 5.74) is -1.24. The molecule has 0 spiro atoms. The van der Waals surface area contributed by atoms with Gasteiger partial charge >= 0.3 is 0 Å². The van der Waals surface area contributed by atoms with Crippen molar-refractivity contribution in [2.45, 2.75) is 24.3 Å². The van der Waals surface area contributed by atoms with Gasteiger partial charge < -0.3 is 9.84 Å². The summed E-state index contributed by atoms with van der Waals surface area (Å²) >= 11 is 1.38. The molecule has 0 fully saturated rings. The van der Waals surface area contributed by atoms with Crippen molar-refractivity contribution in [3.8, 4) is 5.75 Å². The van der Waals surface area contributed by atoms with Gasteiger partial charge in [0.25, 0.3) is 0 Å². The summed E-state index contributed by atoms with van der Waals surface area (Å²) in [6, 6.07) is 9.76. The van der Waals surface area contributed by atoms with E-state index in [1.165, 1.54) is 23.5 Å². The molecule has 5 nitrogen and oxygen atoms in total. The summed E-state index contributed by atoms with van der Waals surface area (Å²) < 4.78 is 32.2. The molecule has 0 unspecified atom stereocenters. The molecule has 0 saturated heterocycles. The molecule has 0 aliphatic heterocycles. The summed E-state index contributed by atoms with van der Waals surface area (Å²) in [7, 11) is -3.68. The van der Waals surface area contributed by atoms with E-state index in [1.807, 2.05) is 18.4 Å². The molecule has 2 aromatic rings. The van der Waals surface area contributed by atoms with E-state index < -0.39 is 15.6 Å². The number of nitrogens with one attached hydrogen (secondary N) is 1. The molecule has 7 heteroatoms. The summed E-state index contributed by atoms with van der Waals surface area (Å²) in [5, 5.41) is 12.2. The maximum atomic E-state index is 12.3. The Morgan fingerprint density at radius 2 is 1.95 bits per heavy atom. The lowest BCUT2D eigenvalue weighted by atomic mass is 10.1. The van der Waals surface area contributed by atoms with E-state index in [2.05, 4.69) is 4.72 Å². The molecule has 1 atom stereocenters. The molecule has 1 aromatic heterocycles. The van der Waals surface area contributed by atoms with Gasteiger partial charge in [0.05, 0.1) is 11.5 Å². The van der Waals surface area contributed by atoms with Crippen LogP contribution in [0.2, 0.25) is 0 Å². The standard InChI is InChI=1S/C15H19NO4S2/c1-3-20-12-6-8-13(9-7-12)22(18,19)16-11-15(2,17)14-5-4-10-21-14/h4-10,16-17H,3,11H2,1-2H3/t15-/m0/s1. The van der Waals surface area contributed by atoms with Crippen molar-refractivity contribution in [3.05, 3.63) is 46.7 Å². The van der Waals surface area contributed by atoms with Crippen LogP contribution in [-0.2, 0) is 15.6 Å². The minimum absolute atomic E-state index is 0.0942. The summed E-state index contributed by atoms with van der Waals surface area (Å²) in [6.07, 6.45) is 0. The molecule has 1 aromatic carbocycles. The minimum atomic E-state index is -3.68. The Labute approximate surface area is 134 Å². The third kappa shape index (κ3) is 4.07. The van der Waals surface area contributed by atoms with Gasteiger partial charge in [0.15, 0.2) is 0 Å². The largest absolute Gasteiger partial charge is 0.494 e. The SMILES string of the molecule is CCOc1ccc(S(=O)(=O)NC[C@](C)(O)c2cccs2)cc1. The highest BCUT2D eigenvalue weighted by molar-refractivity contribution is 7.89. The Kier molecular flexibility index (Phi) is 5.23. The zero-order valence-electron chi connectivity index (χ0n) is 12.4. The van der Waals surface area contributed by atoms with E-state index in [4.69, 9.17) is 4.74 Å². The van der Waals surface area contributed by atoms with E-state index in [1.54, 1.807) is 25.1 Å². The molecule has 0 bridgehead atoms. The van der Waals surface area contributed by atoms with Crippen LogP contribution in [-0.4, -0.2) is 26.7 Å². The number of ether oxygens (including phenoxy) is 1. The smallest absolute Gasteiger partial charge is 0.240 e. The van der Waals surface area contributed by atoms with Crippen LogP contribution >= 0.6 is 11.3 Å². The first kappa shape index (κ1) is 17.0. The number of benzene rings is 1. The van der Waals surface area contributed by atoms with Gasteiger partial charge in [-0.3, -0.25) is 0 Å². The summed E-state index contributed by atoms with van der Waals surface area (Å²) in [5.74, 6) is 0.618. The summed E-state index contributed by atoms with van der Waals surface area (Å²) in [6.45, 7) is 3.87. The quantitative estimate of drug-likeness (QED) is 0.810. The highest BCUT2D eigenvalue weighted by atomic mass is 32.2. The normalized spacial score (nSPS) is 14.5. The predicted octanol–water partition coefficient (Wildman–Crippen LogP) is 2.33. The predicted molar refractivity (Wildman–Crippen MR) is 86.7 cm³/mol. The Morgan fingerprint density at radius 1 is 1.27 bits per heavy atom.